The molecular formula is C13H19N5. The van der Waals surface area contributed by atoms with Gasteiger partial charge in [-0.25, -0.2) is 9.50 Å². The van der Waals surface area contributed by atoms with E-state index in [-0.39, 0.29) is 0 Å². The van der Waals surface area contributed by atoms with Crippen molar-refractivity contribution < 1.29 is 0 Å². The average molecular weight is 245 g/mol. The second kappa shape index (κ2) is 4.94. The molecule has 3 rings (SSSR count). The zero-order chi connectivity index (χ0) is 12.4. The van der Waals surface area contributed by atoms with Crippen LogP contribution < -0.4 is 10.6 Å². The molecular weight excluding hydrogens is 226 g/mol. The fourth-order valence-corrected chi connectivity index (χ4v) is 2.61. The molecule has 1 fully saturated rings. The lowest BCUT2D eigenvalue weighted by Crippen LogP contribution is -2.39. The Morgan fingerprint density at radius 2 is 2.44 bits per heavy atom. The number of rotatable bonds is 3. The van der Waals surface area contributed by atoms with Crippen LogP contribution in [-0.4, -0.2) is 33.7 Å². The van der Waals surface area contributed by atoms with E-state index >= 15 is 0 Å². The van der Waals surface area contributed by atoms with Crippen LogP contribution in [0, 0.1) is 5.92 Å². The van der Waals surface area contributed by atoms with Crippen molar-refractivity contribution in [1.29, 1.82) is 0 Å². The van der Waals surface area contributed by atoms with E-state index < -0.39 is 0 Å². The molecule has 2 atom stereocenters. The number of nitrogens with one attached hydrogen (secondary N) is 2. The zero-order valence-electron chi connectivity index (χ0n) is 10.6. The number of hydrogen-bond donors (Lipinski definition) is 2. The van der Waals surface area contributed by atoms with E-state index in [2.05, 4.69) is 27.6 Å². The van der Waals surface area contributed by atoms with Crippen LogP contribution in [0.4, 0.5) is 5.82 Å². The predicted octanol–water partition coefficient (Wildman–Crippen LogP) is 1.53. The molecule has 0 aliphatic carbocycles. The lowest BCUT2D eigenvalue weighted by Gasteiger charge is -2.29. The molecule has 2 aromatic rings. The molecule has 18 heavy (non-hydrogen) atoms. The van der Waals surface area contributed by atoms with Gasteiger partial charge >= 0.3 is 0 Å². The lowest BCUT2D eigenvalue weighted by molar-refractivity contribution is 0.346. The molecule has 2 aromatic heterocycles. The molecule has 0 saturated carbocycles. The van der Waals surface area contributed by atoms with Crippen LogP contribution in [0.3, 0.4) is 0 Å². The molecule has 5 heteroatoms. The van der Waals surface area contributed by atoms with Crippen molar-refractivity contribution in [2.75, 3.05) is 18.4 Å². The Bertz CT molecular complexity index is 515. The van der Waals surface area contributed by atoms with Crippen molar-refractivity contribution in [3.8, 4) is 0 Å². The normalized spacial score (nSPS) is 21.9. The van der Waals surface area contributed by atoms with Crippen LogP contribution in [0.5, 0.6) is 0 Å². The molecule has 0 radical (unpaired) electrons. The van der Waals surface area contributed by atoms with Crippen LogP contribution in [-0.2, 0) is 0 Å². The molecule has 3 heterocycles. The third-order valence-corrected chi connectivity index (χ3v) is 3.73. The highest BCUT2D eigenvalue weighted by Gasteiger charge is 2.20. The summed E-state index contributed by atoms with van der Waals surface area (Å²) in [6.45, 7) is 4.48. The first-order chi connectivity index (χ1) is 8.84. The lowest BCUT2D eigenvalue weighted by atomic mass is 9.93. The molecule has 1 aliphatic heterocycles. The molecule has 0 bridgehead atoms. The maximum Gasteiger partial charge on any atom is 0.152 e. The first kappa shape index (κ1) is 11.5. The van der Waals surface area contributed by atoms with E-state index in [0.29, 0.717) is 12.0 Å². The summed E-state index contributed by atoms with van der Waals surface area (Å²) in [7, 11) is 0. The second-order valence-corrected chi connectivity index (χ2v) is 4.98. The smallest absolute Gasteiger partial charge is 0.152 e. The van der Waals surface area contributed by atoms with Gasteiger partial charge in [0.05, 0.1) is 6.20 Å². The van der Waals surface area contributed by atoms with Crippen LogP contribution in [0.25, 0.3) is 5.52 Å². The summed E-state index contributed by atoms with van der Waals surface area (Å²) >= 11 is 0. The van der Waals surface area contributed by atoms with Gasteiger partial charge in [0.25, 0.3) is 0 Å². The van der Waals surface area contributed by atoms with E-state index in [1.165, 1.54) is 12.8 Å². The van der Waals surface area contributed by atoms with Gasteiger partial charge in [0, 0.05) is 18.4 Å². The predicted molar refractivity (Wildman–Crippen MR) is 71.7 cm³/mol. The standard InChI is InChI=1S/C13H19N5/c1-10(11-3-2-5-14-9-11)17-13-12-4-6-16-18(12)8-7-15-13/h4,6-8,10-11,14H,2-3,5,9H2,1H3,(H,15,17). The molecule has 2 unspecified atom stereocenters. The summed E-state index contributed by atoms with van der Waals surface area (Å²) in [5.41, 5.74) is 1.04. The van der Waals surface area contributed by atoms with Gasteiger partial charge in [-0.3, -0.25) is 0 Å². The van der Waals surface area contributed by atoms with Gasteiger partial charge in [0.15, 0.2) is 5.82 Å². The van der Waals surface area contributed by atoms with E-state index in [9.17, 15) is 0 Å². The minimum atomic E-state index is 0.423. The number of nitrogens with zero attached hydrogens (tertiary/aromatic N) is 3. The van der Waals surface area contributed by atoms with Gasteiger partial charge in [-0.05, 0) is 44.8 Å². The van der Waals surface area contributed by atoms with Crippen LogP contribution in [0.15, 0.2) is 24.7 Å². The highest BCUT2D eigenvalue weighted by molar-refractivity contribution is 5.67. The van der Waals surface area contributed by atoms with Gasteiger partial charge in [0.2, 0.25) is 0 Å². The first-order valence-electron chi connectivity index (χ1n) is 6.60. The van der Waals surface area contributed by atoms with Crippen molar-refractivity contribution in [3.05, 3.63) is 24.7 Å². The molecule has 96 valence electrons. The highest BCUT2D eigenvalue weighted by atomic mass is 15.2. The summed E-state index contributed by atoms with van der Waals surface area (Å²) in [4.78, 5) is 4.42. The third-order valence-electron chi connectivity index (χ3n) is 3.73. The first-order valence-corrected chi connectivity index (χ1v) is 6.60. The van der Waals surface area contributed by atoms with Crippen molar-refractivity contribution in [2.45, 2.75) is 25.8 Å². The topological polar surface area (TPSA) is 54.2 Å². The Morgan fingerprint density at radius 1 is 1.50 bits per heavy atom. The molecule has 1 aliphatic rings. The summed E-state index contributed by atoms with van der Waals surface area (Å²) in [5.74, 6) is 1.59. The van der Waals surface area contributed by atoms with Crippen LogP contribution in [0.2, 0.25) is 0 Å². The minimum absolute atomic E-state index is 0.423. The van der Waals surface area contributed by atoms with E-state index in [4.69, 9.17) is 0 Å². The van der Waals surface area contributed by atoms with Gasteiger partial charge < -0.3 is 10.6 Å². The summed E-state index contributed by atoms with van der Waals surface area (Å²) in [6, 6.07) is 2.41. The fraction of sp³-hybridized carbons (Fsp3) is 0.538. The van der Waals surface area contributed by atoms with Crippen molar-refractivity contribution >= 4 is 11.3 Å². The molecule has 0 amide bonds. The summed E-state index contributed by atoms with van der Waals surface area (Å²) in [5, 5.41) is 11.2. The monoisotopic (exact) mass is 245 g/mol. The Morgan fingerprint density at radius 3 is 3.28 bits per heavy atom. The summed E-state index contributed by atoms with van der Waals surface area (Å²) in [6.07, 6.45) is 8.00. The Balaban J connectivity index is 1.77. The van der Waals surface area contributed by atoms with Gasteiger partial charge in [-0.15, -0.1) is 0 Å². The van der Waals surface area contributed by atoms with Gasteiger partial charge in [-0.2, -0.15) is 5.10 Å². The SMILES string of the molecule is CC(Nc1nccn2nccc12)C1CCCNC1. The van der Waals surface area contributed by atoms with Crippen LogP contribution in [0.1, 0.15) is 19.8 Å². The molecule has 5 nitrogen and oxygen atoms in total. The zero-order valence-corrected chi connectivity index (χ0v) is 10.6. The van der Waals surface area contributed by atoms with E-state index in [0.717, 1.165) is 24.4 Å². The molecule has 0 aromatic carbocycles. The average Bonchev–Trinajstić information content (AvgIpc) is 2.89. The quantitative estimate of drug-likeness (QED) is 0.861. The second-order valence-electron chi connectivity index (χ2n) is 4.98. The maximum absolute atomic E-state index is 4.42. The van der Waals surface area contributed by atoms with Crippen LogP contribution >= 0.6 is 0 Å². The van der Waals surface area contributed by atoms with Gasteiger partial charge in [-0.1, -0.05) is 0 Å². The Hall–Kier alpha value is -1.62. The van der Waals surface area contributed by atoms with Crippen molar-refractivity contribution in [2.24, 2.45) is 5.92 Å². The summed E-state index contributed by atoms with van der Waals surface area (Å²) < 4.78 is 1.85. The number of fused-ring (bicyclic) bond motifs is 1. The molecule has 0 spiro atoms. The largest absolute Gasteiger partial charge is 0.366 e. The molecule has 1 saturated heterocycles. The van der Waals surface area contributed by atoms with Gasteiger partial charge in [0.1, 0.15) is 5.52 Å². The number of piperidine rings is 1. The Labute approximate surface area is 107 Å². The van der Waals surface area contributed by atoms with E-state index in [1.807, 2.05) is 16.8 Å². The third kappa shape index (κ3) is 2.18. The maximum atomic E-state index is 4.42. The number of aromatic nitrogens is 3. The minimum Gasteiger partial charge on any atom is -0.366 e. The van der Waals surface area contributed by atoms with E-state index in [1.54, 1.807) is 12.4 Å². The van der Waals surface area contributed by atoms with Crippen molar-refractivity contribution in [3.63, 3.8) is 0 Å². The Kier molecular flexibility index (Phi) is 3.15. The number of anilines is 1. The number of hydrogen-bond acceptors (Lipinski definition) is 4. The fourth-order valence-electron chi connectivity index (χ4n) is 2.61. The highest BCUT2D eigenvalue weighted by Crippen LogP contribution is 2.20. The molecule has 2 N–H and O–H groups in total. The van der Waals surface area contributed by atoms with Crippen molar-refractivity contribution in [1.82, 2.24) is 19.9 Å².